The fourth-order valence-electron chi connectivity index (χ4n) is 1.80. The van der Waals surface area contributed by atoms with Gasteiger partial charge in [-0.2, -0.15) is 5.10 Å². The molecule has 0 aliphatic rings. The number of ether oxygens (including phenoxy) is 2. The van der Waals surface area contributed by atoms with Crippen molar-refractivity contribution in [3.63, 3.8) is 0 Å². The summed E-state index contributed by atoms with van der Waals surface area (Å²) < 4.78 is 23.7. The Labute approximate surface area is 141 Å². The van der Waals surface area contributed by atoms with Crippen LogP contribution in [0, 0.1) is 5.82 Å². The van der Waals surface area contributed by atoms with E-state index in [1.807, 2.05) is 0 Å². The van der Waals surface area contributed by atoms with Gasteiger partial charge in [0.15, 0.2) is 11.5 Å². The van der Waals surface area contributed by atoms with Crippen molar-refractivity contribution in [2.24, 2.45) is 5.10 Å². The molecule has 0 saturated carbocycles. The van der Waals surface area contributed by atoms with Gasteiger partial charge < -0.3 is 9.47 Å². The fraction of sp³-hybridized carbons (Fsp3) is 0.125. The van der Waals surface area contributed by atoms with Crippen LogP contribution < -0.4 is 14.9 Å². The summed E-state index contributed by atoms with van der Waals surface area (Å²) in [5.74, 6) is 0.218. The molecule has 1 amide bonds. The molecular formula is C16H14BrFN2O3. The molecule has 1 N–H and O–H groups in total. The van der Waals surface area contributed by atoms with Gasteiger partial charge in [0.25, 0.3) is 5.91 Å². The van der Waals surface area contributed by atoms with E-state index in [0.717, 1.165) is 0 Å². The van der Waals surface area contributed by atoms with Gasteiger partial charge in [-0.1, -0.05) is 6.07 Å². The Morgan fingerprint density at radius 3 is 2.57 bits per heavy atom. The number of methoxy groups -OCH3 is 2. The largest absolute Gasteiger partial charge is 0.493 e. The average molecular weight is 381 g/mol. The van der Waals surface area contributed by atoms with Crippen molar-refractivity contribution in [1.29, 1.82) is 0 Å². The number of nitrogens with one attached hydrogen (secondary N) is 1. The van der Waals surface area contributed by atoms with Crippen molar-refractivity contribution in [2.75, 3.05) is 14.2 Å². The normalized spacial score (nSPS) is 10.6. The first-order chi connectivity index (χ1) is 11.0. The third kappa shape index (κ3) is 4.29. The Hall–Kier alpha value is -2.41. The number of carbonyl (C=O) groups excluding carboxylic acids is 1. The number of amides is 1. The summed E-state index contributed by atoms with van der Waals surface area (Å²) >= 11 is 3.08. The standard InChI is InChI=1S/C16H14BrFN2O3/c1-22-14-6-4-11(8-15(14)23-2)16(21)20-19-9-10-3-5-13(18)12(17)7-10/h3-9H,1-2H3,(H,20,21)/b19-9+. The van der Waals surface area contributed by atoms with Gasteiger partial charge in [-0.05, 0) is 51.8 Å². The number of hydrazone groups is 1. The molecule has 2 aromatic carbocycles. The van der Waals surface area contributed by atoms with Gasteiger partial charge in [-0.3, -0.25) is 4.79 Å². The molecule has 2 aromatic rings. The first-order valence-corrected chi connectivity index (χ1v) is 7.35. The summed E-state index contributed by atoms with van der Waals surface area (Å²) in [6.45, 7) is 0. The van der Waals surface area contributed by atoms with Crippen LogP contribution >= 0.6 is 15.9 Å². The molecule has 0 spiro atoms. The summed E-state index contributed by atoms with van der Waals surface area (Å²) in [5.41, 5.74) is 3.41. The predicted molar refractivity (Wildman–Crippen MR) is 88.7 cm³/mol. The third-order valence-electron chi connectivity index (χ3n) is 2.97. The Morgan fingerprint density at radius 1 is 1.17 bits per heavy atom. The number of hydrogen-bond donors (Lipinski definition) is 1. The second kappa shape index (κ2) is 7.73. The Balaban J connectivity index is 2.07. The van der Waals surface area contributed by atoms with E-state index in [2.05, 4.69) is 26.5 Å². The highest BCUT2D eigenvalue weighted by Crippen LogP contribution is 2.27. The van der Waals surface area contributed by atoms with E-state index < -0.39 is 5.91 Å². The van der Waals surface area contributed by atoms with Crippen LogP contribution in [0.4, 0.5) is 4.39 Å². The van der Waals surface area contributed by atoms with E-state index in [4.69, 9.17) is 9.47 Å². The number of benzene rings is 2. The fourth-order valence-corrected chi connectivity index (χ4v) is 2.20. The lowest BCUT2D eigenvalue weighted by Crippen LogP contribution is -2.17. The lowest BCUT2D eigenvalue weighted by molar-refractivity contribution is 0.0954. The Kier molecular flexibility index (Phi) is 5.70. The third-order valence-corrected chi connectivity index (χ3v) is 3.58. The van der Waals surface area contributed by atoms with E-state index in [9.17, 15) is 9.18 Å². The van der Waals surface area contributed by atoms with Gasteiger partial charge in [-0.15, -0.1) is 0 Å². The molecule has 0 aliphatic carbocycles. The summed E-state index contributed by atoms with van der Waals surface area (Å²) in [6, 6.07) is 9.20. The highest BCUT2D eigenvalue weighted by atomic mass is 79.9. The van der Waals surface area contributed by atoms with Crippen molar-refractivity contribution in [3.05, 3.63) is 57.8 Å². The summed E-state index contributed by atoms with van der Waals surface area (Å²) in [5, 5.41) is 3.85. The molecule has 23 heavy (non-hydrogen) atoms. The molecule has 0 unspecified atom stereocenters. The molecular weight excluding hydrogens is 367 g/mol. The van der Waals surface area contributed by atoms with Gasteiger partial charge in [0, 0.05) is 5.56 Å². The maximum absolute atomic E-state index is 13.1. The molecule has 0 radical (unpaired) electrons. The number of hydrogen-bond acceptors (Lipinski definition) is 4. The maximum Gasteiger partial charge on any atom is 0.271 e. The van der Waals surface area contributed by atoms with Crippen molar-refractivity contribution in [3.8, 4) is 11.5 Å². The molecule has 5 nitrogen and oxygen atoms in total. The van der Waals surface area contributed by atoms with E-state index in [0.29, 0.717) is 27.1 Å². The second-order valence-corrected chi connectivity index (χ2v) is 5.30. The van der Waals surface area contributed by atoms with Crippen molar-refractivity contribution >= 4 is 28.1 Å². The maximum atomic E-state index is 13.1. The molecule has 0 atom stereocenters. The lowest BCUT2D eigenvalue weighted by atomic mass is 10.2. The van der Waals surface area contributed by atoms with E-state index in [1.165, 1.54) is 26.5 Å². The number of halogens is 2. The lowest BCUT2D eigenvalue weighted by Gasteiger charge is -2.08. The van der Waals surface area contributed by atoms with E-state index >= 15 is 0 Å². The molecule has 0 heterocycles. The van der Waals surface area contributed by atoms with E-state index in [-0.39, 0.29) is 5.82 Å². The quantitative estimate of drug-likeness (QED) is 0.638. The first kappa shape index (κ1) is 17.0. The predicted octanol–water partition coefficient (Wildman–Crippen LogP) is 3.37. The molecule has 120 valence electrons. The minimum Gasteiger partial charge on any atom is -0.493 e. The van der Waals surface area contributed by atoms with Crippen LogP contribution in [-0.4, -0.2) is 26.3 Å². The van der Waals surface area contributed by atoms with Gasteiger partial charge in [0.1, 0.15) is 5.82 Å². The van der Waals surface area contributed by atoms with E-state index in [1.54, 1.807) is 30.3 Å². The van der Waals surface area contributed by atoms with Crippen molar-refractivity contribution in [2.45, 2.75) is 0 Å². The van der Waals surface area contributed by atoms with Gasteiger partial charge >= 0.3 is 0 Å². The van der Waals surface area contributed by atoms with Crippen LogP contribution in [0.25, 0.3) is 0 Å². The Bertz CT molecular complexity index is 750. The SMILES string of the molecule is COc1ccc(C(=O)N/N=C/c2ccc(F)c(Br)c2)cc1OC. The van der Waals surface area contributed by atoms with Gasteiger partial charge in [0.2, 0.25) is 0 Å². The zero-order valence-corrected chi connectivity index (χ0v) is 14.1. The molecule has 0 aromatic heterocycles. The van der Waals surface area contributed by atoms with Crippen LogP contribution in [0.2, 0.25) is 0 Å². The minimum absolute atomic E-state index is 0.327. The van der Waals surface area contributed by atoms with Gasteiger partial charge in [0.05, 0.1) is 24.9 Å². The van der Waals surface area contributed by atoms with Crippen molar-refractivity contribution < 1.29 is 18.7 Å². The second-order valence-electron chi connectivity index (χ2n) is 4.44. The Morgan fingerprint density at radius 2 is 1.91 bits per heavy atom. The van der Waals surface area contributed by atoms with Crippen LogP contribution in [0.15, 0.2) is 46.0 Å². The minimum atomic E-state index is -0.400. The summed E-state index contributed by atoms with van der Waals surface area (Å²) in [6.07, 6.45) is 1.42. The number of rotatable bonds is 5. The molecule has 7 heteroatoms. The molecule has 0 fully saturated rings. The topological polar surface area (TPSA) is 59.9 Å². The number of carbonyl (C=O) groups is 1. The highest BCUT2D eigenvalue weighted by molar-refractivity contribution is 9.10. The van der Waals surface area contributed by atoms with Crippen LogP contribution in [0.5, 0.6) is 11.5 Å². The molecule has 0 bridgehead atoms. The smallest absolute Gasteiger partial charge is 0.271 e. The van der Waals surface area contributed by atoms with Crippen molar-refractivity contribution in [1.82, 2.24) is 5.43 Å². The average Bonchev–Trinajstić information content (AvgIpc) is 2.57. The monoisotopic (exact) mass is 380 g/mol. The first-order valence-electron chi connectivity index (χ1n) is 6.55. The molecule has 2 rings (SSSR count). The summed E-state index contributed by atoms with van der Waals surface area (Å²) in [4.78, 5) is 12.0. The van der Waals surface area contributed by atoms with Crippen LogP contribution in [0.1, 0.15) is 15.9 Å². The number of nitrogens with zero attached hydrogens (tertiary/aromatic N) is 1. The van der Waals surface area contributed by atoms with Crippen LogP contribution in [0.3, 0.4) is 0 Å². The van der Waals surface area contributed by atoms with Gasteiger partial charge in [-0.25, -0.2) is 9.82 Å². The molecule has 0 aliphatic heterocycles. The van der Waals surface area contributed by atoms with Crippen LogP contribution in [-0.2, 0) is 0 Å². The summed E-state index contributed by atoms with van der Waals surface area (Å²) in [7, 11) is 3.01. The highest BCUT2D eigenvalue weighted by Gasteiger charge is 2.10. The molecule has 0 saturated heterocycles. The zero-order valence-electron chi connectivity index (χ0n) is 12.5. The zero-order chi connectivity index (χ0) is 16.8.